The number of carbonyl (C=O) groups excluding carboxylic acids is 2. The number of sulfonamides is 1. The number of fused-ring (bicyclic) bond motifs is 2. The van der Waals surface area contributed by atoms with Gasteiger partial charge in [-0.3, -0.25) is 9.59 Å². The zero-order valence-electron chi connectivity index (χ0n) is 19.3. The van der Waals surface area contributed by atoms with E-state index in [1.54, 1.807) is 18.2 Å². The summed E-state index contributed by atoms with van der Waals surface area (Å²) in [6, 6.07) is 5.28. The fourth-order valence-electron chi connectivity index (χ4n) is 5.87. The molecule has 32 heavy (non-hydrogen) atoms. The molecule has 1 saturated heterocycles. The van der Waals surface area contributed by atoms with Crippen LogP contribution in [0.25, 0.3) is 0 Å². The molecule has 1 heterocycles. The van der Waals surface area contributed by atoms with Crippen molar-refractivity contribution in [3.05, 3.63) is 29.3 Å². The number of Topliss-reactive ketones (excluding diaryl/α,β-unsaturated/α-hetero) is 2. The number of nitrogens with zero attached hydrogens (tertiary/aromatic N) is 1. The normalized spacial score (nSPS) is 29.9. The van der Waals surface area contributed by atoms with Crippen LogP contribution in [0, 0.1) is 23.7 Å². The van der Waals surface area contributed by atoms with E-state index in [1.165, 1.54) is 11.2 Å². The highest BCUT2D eigenvalue weighted by molar-refractivity contribution is 7.89. The second kappa shape index (κ2) is 8.22. The highest BCUT2D eigenvalue weighted by Gasteiger charge is 2.65. The molecule has 3 aliphatic rings. The summed E-state index contributed by atoms with van der Waals surface area (Å²) in [5.41, 5.74) is 0.440. The van der Waals surface area contributed by atoms with Crippen molar-refractivity contribution >= 4 is 21.6 Å². The van der Waals surface area contributed by atoms with E-state index in [9.17, 15) is 18.0 Å². The maximum absolute atomic E-state index is 13.4. The van der Waals surface area contributed by atoms with E-state index in [0.717, 1.165) is 12.0 Å². The quantitative estimate of drug-likeness (QED) is 0.578. The van der Waals surface area contributed by atoms with Gasteiger partial charge in [0.2, 0.25) is 10.0 Å². The third kappa shape index (κ3) is 3.90. The Labute approximate surface area is 190 Å². The van der Waals surface area contributed by atoms with Gasteiger partial charge < -0.3 is 9.47 Å². The standard InChI is InChI=1S/C24H33NO6S/c1-16-11-19(5-6-21(16)17(2)26)31-14-20-13-25(9-10-30-20)32(28,29)15-24-8-7-18(12-22(24)27)23(24,3)4/h5-6,11,18,20H,7-10,12-15H2,1-4H3/t18-,20?,24-/m0/s1. The van der Waals surface area contributed by atoms with Gasteiger partial charge in [-0.2, -0.15) is 4.31 Å². The molecule has 1 aromatic carbocycles. The molecule has 3 fully saturated rings. The smallest absolute Gasteiger partial charge is 0.215 e. The summed E-state index contributed by atoms with van der Waals surface area (Å²) in [7, 11) is -3.61. The fraction of sp³-hybridized carbons (Fsp3) is 0.667. The number of hydrogen-bond acceptors (Lipinski definition) is 6. The van der Waals surface area contributed by atoms with Crippen molar-refractivity contribution in [2.45, 2.75) is 53.1 Å². The van der Waals surface area contributed by atoms with Crippen LogP contribution in [-0.4, -0.2) is 62.4 Å². The van der Waals surface area contributed by atoms with Crippen molar-refractivity contribution in [1.29, 1.82) is 0 Å². The van der Waals surface area contributed by atoms with Crippen LogP contribution in [0.4, 0.5) is 0 Å². The first kappa shape index (κ1) is 23.4. The Hall–Kier alpha value is -1.77. The van der Waals surface area contributed by atoms with Crippen molar-refractivity contribution in [3.8, 4) is 5.75 Å². The minimum Gasteiger partial charge on any atom is -0.491 e. The van der Waals surface area contributed by atoms with Crippen LogP contribution < -0.4 is 4.74 Å². The van der Waals surface area contributed by atoms with Crippen LogP contribution in [0.1, 0.15) is 56.0 Å². The van der Waals surface area contributed by atoms with Crippen molar-refractivity contribution in [2.24, 2.45) is 16.7 Å². The number of aryl methyl sites for hydroxylation is 1. The first-order chi connectivity index (χ1) is 15.0. The van der Waals surface area contributed by atoms with Crippen LogP contribution in [0.3, 0.4) is 0 Å². The third-order valence-electron chi connectivity index (χ3n) is 8.08. The summed E-state index contributed by atoms with van der Waals surface area (Å²) in [4.78, 5) is 24.4. The first-order valence-electron chi connectivity index (χ1n) is 11.3. The zero-order chi connectivity index (χ0) is 23.3. The van der Waals surface area contributed by atoms with Crippen LogP contribution in [0.2, 0.25) is 0 Å². The minimum atomic E-state index is -3.61. The monoisotopic (exact) mass is 463 g/mol. The zero-order valence-corrected chi connectivity index (χ0v) is 20.2. The average Bonchev–Trinajstić information content (AvgIpc) is 3.06. The number of ketones is 2. The second-order valence-corrected chi connectivity index (χ2v) is 12.1. The SMILES string of the molecule is CC(=O)c1ccc(OCC2CN(S(=O)(=O)C[C@@]34CC[C@@H](CC3=O)C4(C)C)CCO2)cc1C. The molecule has 8 heteroatoms. The molecule has 0 spiro atoms. The molecule has 2 saturated carbocycles. The van der Waals surface area contributed by atoms with Crippen LogP contribution in [0.5, 0.6) is 5.75 Å². The van der Waals surface area contributed by atoms with Crippen LogP contribution in [-0.2, 0) is 19.6 Å². The number of carbonyl (C=O) groups is 2. The summed E-state index contributed by atoms with van der Waals surface area (Å²) < 4.78 is 39.8. The number of hydrogen-bond donors (Lipinski definition) is 0. The van der Waals surface area contributed by atoms with Gasteiger partial charge >= 0.3 is 0 Å². The molecule has 3 atom stereocenters. The van der Waals surface area contributed by atoms with Gasteiger partial charge in [0.15, 0.2) is 5.78 Å². The molecule has 2 bridgehead atoms. The maximum Gasteiger partial charge on any atom is 0.215 e. The predicted octanol–water partition coefficient (Wildman–Crippen LogP) is 3.00. The first-order valence-corrected chi connectivity index (χ1v) is 12.9. The molecular formula is C24H33NO6S. The fourth-order valence-corrected chi connectivity index (χ4v) is 8.10. The Morgan fingerprint density at radius 3 is 2.66 bits per heavy atom. The molecule has 0 aromatic heterocycles. The van der Waals surface area contributed by atoms with Gasteiger partial charge in [0.1, 0.15) is 24.2 Å². The molecular weight excluding hydrogens is 430 g/mol. The topological polar surface area (TPSA) is 90.0 Å². The molecule has 1 aliphatic heterocycles. The van der Waals surface area contributed by atoms with Gasteiger partial charge in [-0.05, 0) is 61.8 Å². The minimum absolute atomic E-state index is 0.00230. The molecule has 1 aromatic rings. The van der Waals surface area contributed by atoms with Gasteiger partial charge in [-0.1, -0.05) is 13.8 Å². The molecule has 1 unspecified atom stereocenters. The molecule has 2 aliphatic carbocycles. The summed E-state index contributed by atoms with van der Waals surface area (Å²) in [5, 5.41) is 0. The third-order valence-corrected chi connectivity index (χ3v) is 10.1. The van der Waals surface area contributed by atoms with Gasteiger partial charge in [-0.15, -0.1) is 0 Å². The lowest BCUT2D eigenvalue weighted by molar-refractivity contribution is -0.128. The molecule has 4 rings (SSSR count). The van der Waals surface area contributed by atoms with Crippen molar-refractivity contribution in [1.82, 2.24) is 4.31 Å². The summed E-state index contributed by atoms with van der Waals surface area (Å²) in [6.07, 6.45) is 1.70. The van der Waals surface area contributed by atoms with Gasteiger partial charge in [0.25, 0.3) is 0 Å². The highest BCUT2D eigenvalue weighted by Crippen LogP contribution is 2.64. The molecule has 0 radical (unpaired) electrons. The lowest BCUT2D eigenvalue weighted by Gasteiger charge is -2.39. The Kier molecular flexibility index (Phi) is 6.01. The van der Waals surface area contributed by atoms with Crippen LogP contribution >= 0.6 is 0 Å². The number of morpholine rings is 1. The Morgan fingerprint density at radius 2 is 2.06 bits per heavy atom. The van der Waals surface area contributed by atoms with E-state index < -0.39 is 21.5 Å². The molecule has 176 valence electrons. The molecule has 7 nitrogen and oxygen atoms in total. The largest absolute Gasteiger partial charge is 0.491 e. The lowest BCUT2D eigenvalue weighted by Crippen LogP contribution is -2.52. The Balaban J connectivity index is 1.41. The van der Waals surface area contributed by atoms with Crippen molar-refractivity contribution < 1.29 is 27.5 Å². The van der Waals surface area contributed by atoms with E-state index in [-0.39, 0.29) is 41.8 Å². The van der Waals surface area contributed by atoms with E-state index in [0.29, 0.717) is 37.3 Å². The Bertz CT molecular complexity index is 1030. The van der Waals surface area contributed by atoms with E-state index in [2.05, 4.69) is 13.8 Å². The van der Waals surface area contributed by atoms with Gasteiger partial charge in [0, 0.05) is 30.5 Å². The lowest BCUT2D eigenvalue weighted by atomic mass is 9.70. The summed E-state index contributed by atoms with van der Waals surface area (Å²) >= 11 is 0. The van der Waals surface area contributed by atoms with E-state index >= 15 is 0 Å². The van der Waals surface area contributed by atoms with Crippen molar-refractivity contribution in [3.63, 3.8) is 0 Å². The van der Waals surface area contributed by atoms with E-state index in [1.807, 2.05) is 6.92 Å². The second-order valence-electron chi connectivity index (χ2n) is 10.1. The number of benzene rings is 1. The van der Waals surface area contributed by atoms with Crippen LogP contribution in [0.15, 0.2) is 18.2 Å². The summed E-state index contributed by atoms with van der Waals surface area (Å²) in [6.45, 7) is 8.50. The predicted molar refractivity (Wildman–Crippen MR) is 120 cm³/mol. The Morgan fingerprint density at radius 1 is 1.31 bits per heavy atom. The maximum atomic E-state index is 13.4. The molecule has 0 N–H and O–H groups in total. The molecule has 0 amide bonds. The van der Waals surface area contributed by atoms with Gasteiger partial charge in [0.05, 0.1) is 12.4 Å². The summed E-state index contributed by atoms with van der Waals surface area (Å²) in [5.74, 6) is 0.906. The van der Waals surface area contributed by atoms with Crippen molar-refractivity contribution in [2.75, 3.05) is 32.1 Å². The average molecular weight is 464 g/mol. The number of rotatable bonds is 7. The highest BCUT2D eigenvalue weighted by atomic mass is 32.2. The van der Waals surface area contributed by atoms with E-state index in [4.69, 9.17) is 9.47 Å². The number of ether oxygens (including phenoxy) is 2. The van der Waals surface area contributed by atoms with Gasteiger partial charge in [-0.25, -0.2) is 8.42 Å².